The summed E-state index contributed by atoms with van der Waals surface area (Å²) in [5, 5.41) is 7.39. The minimum absolute atomic E-state index is 0.315. The molecule has 3 heterocycles. The number of aliphatic imine (C=N–C) groups is 1. The van der Waals surface area contributed by atoms with Crippen LogP contribution in [0.2, 0.25) is 0 Å². The molecule has 0 aliphatic carbocycles. The van der Waals surface area contributed by atoms with Gasteiger partial charge in [0.2, 0.25) is 0 Å². The van der Waals surface area contributed by atoms with E-state index in [0.717, 1.165) is 17.7 Å². The van der Waals surface area contributed by atoms with Gasteiger partial charge in [-0.05, 0) is 42.2 Å². The van der Waals surface area contributed by atoms with Crippen LogP contribution in [0.4, 0.5) is 5.82 Å². The molecule has 4 rings (SSSR count). The lowest BCUT2D eigenvalue weighted by Gasteiger charge is -2.18. The largest absolute Gasteiger partial charge is 0.383 e. The maximum atomic E-state index is 5.90. The lowest BCUT2D eigenvalue weighted by atomic mass is 9.98. The third-order valence-corrected chi connectivity index (χ3v) is 4.68. The third-order valence-electron chi connectivity index (χ3n) is 4.68. The fraction of sp³-hybridized carbons (Fsp3) is 0.190. The molecule has 0 amide bonds. The summed E-state index contributed by atoms with van der Waals surface area (Å²) in [6.45, 7) is 2.14. The van der Waals surface area contributed by atoms with Gasteiger partial charge in [-0.15, -0.1) is 0 Å². The summed E-state index contributed by atoms with van der Waals surface area (Å²) in [6.07, 6.45) is 6.93. The maximum Gasteiger partial charge on any atom is 0.170 e. The van der Waals surface area contributed by atoms with Gasteiger partial charge in [-0.3, -0.25) is 0 Å². The fourth-order valence-electron chi connectivity index (χ4n) is 3.07. The number of aromatic nitrogens is 2. The minimum Gasteiger partial charge on any atom is -0.383 e. The quantitative estimate of drug-likeness (QED) is 0.729. The molecule has 1 aromatic carbocycles. The van der Waals surface area contributed by atoms with Gasteiger partial charge >= 0.3 is 0 Å². The molecule has 1 atom stereocenters. The number of anilines is 1. The van der Waals surface area contributed by atoms with Gasteiger partial charge in [0, 0.05) is 30.9 Å². The topological polar surface area (TPSA) is 89.3 Å². The SMILES string of the molecule is CC1NC=NC=C1Cc1ccc(Cc2cc(-c3cccnc3N)on2)cc1. The molecule has 136 valence electrons. The molecule has 3 aromatic rings. The van der Waals surface area contributed by atoms with Crippen LogP contribution in [0.1, 0.15) is 23.7 Å². The number of nitrogen functional groups attached to an aromatic ring is 1. The summed E-state index contributed by atoms with van der Waals surface area (Å²) in [4.78, 5) is 8.27. The Hall–Kier alpha value is -3.41. The fourth-order valence-corrected chi connectivity index (χ4v) is 3.07. The first kappa shape index (κ1) is 17.0. The van der Waals surface area contributed by atoms with E-state index < -0.39 is 0 Å². The maximum absolute atomic E-state index is 5.90. The van der Waals surface area contributed by atoms with Crippen molar-refractivity contribution in [2.75, 3.05) is 5.73 Å². The number of hydrogen-bond acceptors (Lipinski definition) is 6. The van der Waals surface area contributed by atoms with Gasteiger partial charge in [0.1, 0.15) is 5.82 Å². The number of nitrogens with zero attached hydrogens (tertiary/aromatic N) is 3. The van der Waals surface area contributed by atoms with E-state index in [2.05, 4.69) is 51.6 Å². The second-order valence-electron chi connectivity index (χ2n) is 6.66. The van der Waals surface area contributed by atoms with E-state index in [0.29, 0.717) is 24.0 Å². The zero-order valence-corrected chi connectivity index (χ0v) is 15.1. The second-order valence-corrected chi connectivity index (χ2v) is 6.66. The predicted octanol–water partition coefficient (Wildman–Crippen LogP) is 3.36. The number of nitrogens with two attached hydrogens (primary N) is 1. The van der Waals surface area contributed by atoms with E-state index in [1.807, 2.05) is 24.4 Å². The minimum atomic E-state index is 0.315. The van der Waals surface area contributed by atoms with Crippen LogP contribution < -0.4 is 11.1 Å². The van der Waals surface area contributed by atoms with Crippen molar-refractivity contribution < 1.29 is 4.52 Å². The van der Waals surface area contributed by atoms with Crippen molar-refractivity contribution in [3.05, 3.63) is 77.3 Å². The van der Waals surface area contributed by atoms with E-state index in [4.69, 9.17) is 10.3 Å². The average molecular weight is 359 g/mol. The number of benzene rings is 1. The van der Waals surface area contributed by atoms with Crippen molar-refractivity contribution >= 4 is 12.2 Å². The highest BCUT2D eigenvalue weighted by molar-refractivity contribution is 5.69. The Morgan fingerprint density at radius 1 is 1.11 bits per heavy atom. The second kappa shape index (κ2) is 7.45. The first-order valence-electron chi connectivity index (χ1n) is 8.90. The first-order valence-corrected chi connectivity index (χ1v) is 8.90. The first-order chi connectivity index (χ1) is 13.2. The molecule has 1 aliphatic rings. The summed E-state index contributed by atoms with van der Waals surface area (Å²) in [7, 11) is 0. The van der Waals surface area contributed by atoms with Crippen molar-refractivity contribution in [3.8, 4) is 11.3 Å². The Balaban J connectivity index is 1.44. The number of hydrogen-bond donors (Lipinski definition) is 2. The lowest BCUT2D eigenvalue weighted by molar-refractivity contribution is 0.425. The van der Waals surface area contributed by atoms with E-state index in [1.165, 1.54) is 16.7 Å². The van der Waals surface area contributed by atoms with E-state index in [1.54, 1.807) is 12.5 Å². The van der Waals surface area contributed by atoms with Gasteiger partial charge in [-0.2, -0.15) is 0 Å². The van der Waals surface area contributed by atoms with Crippen LogP contribution in [0.15, 0.2) is 69.9 Å². The van der Waals surface area contributed by atoms with E-state index >= 15 is 0 Å². The van der Waals surface area contributed by atoms with Crippen LogP contribution in [0.3, 0.4) is 0 Å². The summed E-state index contributed by atoms with van der Waals surface area (Å²) in [5.41, 5.74) is 11.2. The predicted molar refractivity (Wildman–Crippen MR) is 106 cm³/mol. The summed E-state index contributed by atoms with van der Waals surface area (Å²) in [5.74, 6) is 1.08. The third kappa shape index (κ3) is 3.89. The molecular formula is C21H21N5O. The summed E-state index contributed by atoms with van der Waals surface area (Å²) in [6, 6.07) is 14.5. The number of rotatable bonds is 5. The van der Waals surface area contributed by atoms with Crippen LogP contribution in [0, 0.1) is 0 Å². The molecule has 0 radical (unpaired) electrons. The van der Waals surface area contributed by atoms with Crippen LogP contribution >= 0.6 is 0 Å². The molecule has 27 heavy (non-hydrogen) atoms. The van der Waals surface area contributed by atoms with Gasteiger partial charge in [0.05, 0.1) is 17.6 Å². The van der Waals surface area contributed by atoms with Gasteiger partial charge in [-0.25, -0.2) is 9.98 Å². The highest BCUT2D eigenvalue weighted by Crippen LogP contribution is 2.25. The van der Waals surface area contributed by atoms with Crippen LogP contribution in [0.25, 0.3) is 11.3 Å². The summed E-state index contributed by atoms with van der Waals surface area (Å²) < 4.78 is 5.44. The molecule has 0 spiro atoms. The van der Waals surface area contributed by atoms with Crippen LogP contribution in [-0.2, 0) is 12.8 Å². The average Bonchev–Trinajstić information content (AvgIpc) is 3.14. The summed E-state index contributed by atoms with van der Waals surface area (Å²) >= 11 is 0. The van der Waals surface area contributed by atoms with Crippen LogP contribution in [0.5, 0.6) is 0 Å². The lowest BCUT2D eigenvalue weighted by Crippen LogP contribution is -2.29. The highest BCUT2D eigenvalue weighted by atomic mass is 16.5. The van der Waals surface area contributed by atoms with Gasteiger partial charge in [0.15, 0.2) is 5.76 Å². The van der Waals surface area contributed by atoms with Crippen molar-refractivity contribution in [1.82, 2.24) is 15.5 Å². The van der Waals surface area contributed by atoms with Gasteiger partial charge < -0.3 is 15.6 Å². The molecule has 1 unspecified atom stereocenters. The van der Waals surface area contributed by atoms with E-state index in [9.17, 15) is 0 Å². The zero-order valence-electron chi connectivity index (χ0n) is 15.1. The normalized spacial score (nSPS) is 16.0. The highest BCUT2D eigenvalue weighted by Gasteiger charge is 2.12. The molecule has 0 saturated heterocycles. The Morgan fingerprint density at radius 3 is 2.63 bits per heavy atom. The Labute approximate surface area is 157 Å². The molecule has 2 aromatic heterocycles. The monoisotopic (exact) mass is 359 g/mol. The van der Waals surface area contributed by atoms with Gasteiger partial charge in [-0.1, -0.05) is 29.4 Å². The van der Waals surface area contributed by atoms with Crippen molar-refractivity contribution in [1.29, 1.82) is 0 Å². The molecule has 6 heteroatoms. The number of pyridine rings is 1. The van der Waals surface area contributed by atoms with Crippen molar-refractivity contribution in [2.24, 2.45) is 4.99 Å². The smallest absolute Gasteiger partial charge is 0.170 e. The van der Waals surface area contributed by atoms with Crippen molar-refractivity contribution in [3.63, 3.8) is 0 Å². The molecule has 6 nitrogen and oxygen atoms in total. The molecule has 0 bridgehead atoms. The number of nitrogens with one attached hydrogen (secondary N) is 1. The Kier molecular flexibility index (Phi) is 4.70. The van der Waals surface area contributed by atoms with Crippen LogP contribution in [-0.4, -0.2) is 22.5 Å². The molecule has 1 aliphatic heterocycles. The molecular weight excluding hydrogens is 338 g/mol. The Bertz CT molecular complexity index is 988. The molecule has 3 N–H and O–H groups in total. The van der Waals surface area contributed by atoms with E-state index in [-0.39, 0.29) is 0 Å². The molecule has 0 fully saturated rings. The molecule has 0 saturated carbocycles. The zero-order chi connectivity index (χ0) is 18.6. The van der Waals surface area contributed by atoms with Gasteiger partial charge in [0.25, 0.3) is 0 Å². The Morgan fingerprint density at radius 2 is 1.89 bits per heavy atom. The standard InChI is InChI=1S/C21H21N5O/c1-14-17(12-23-13-25-14)9-15-4-6-16(7-5-15)10-18-11-20(27-26-18)19-3-2-8-24-21(19)22/h2-8,11-14H,9-10H2,1H3,(H2,22,24)(H,23,25). The van der Waals surface area contributed by atoms with Crippen molar-refractivity contribution in [2.45, 2.75) is 25.8 Å².